The standard InChI is InChI=1S/C13H12F4N6O3/c1-18-10-20-11(19-7-2-4-8(5-3-7)23(24)25)22-12(21-10)26-6-13(16,17)9(14)15/h2-5,9H,6H2,1H3,(H2,18,19,20,21,22). The fourth-order valence-corrected chi connectivity index (χ4v) is 1.61. The summed E-state index contributed by atoms with van der Waals surface area (Å²) in [6, 6.07) is 4.58. The second-order valence-corrected chi connectivity index (χ2v) is 4.79. The van der Waals surface area contributed by atoms with E-state index in [0.29, 0.717) is 5.69 Å². The molecule has 0 saturated heterocycles. The van der Waals surface area contributed by atoms with Gasteiger partial charge in [-0.25, -0.2) is 8.78 Å². The molecule has 140 valence electrons. The zero-order valence-electron chi connectivity index (χ0n) is 13.1. The number of aromatic nitrogens is 3. The molecule has 1 aromatic carbocycles. The summed E-state index contributed by atoms with van der Waals surface area (Å²) in [7, 11) is 1.43. The summed E-state index contributed by atoms with van der Waals surface area (Å²) >= 11 is 0. The molecule has 1 aromatic heterocycles. The Bertz CT molecular complexity index is 775. The molecule has 1 heterocycles. The summed E-state index contributed by atoms with van der Waals surface area (Å²) in [5, 5.41) is 15.8. The molecular weight excluding hydrogens is 364 g/mol. The Kier molecular flexibility index (Phi) is 5.69. The number of benzene rings is 1. The SMILES string of the molecule is CNc1nc(Nc2ccc([N+](=O)[O-])cc2)nc(OCC(F)(F)C(F)F)n1. The van der Waals surface area contributed by atoms with Crippen molar-refractivity contribution in [1.82, 2.24) is 15.0 Å². The van der Waals surface area contributed by atoms with Crippen LogP contribution in [0.1, 0.15) is 0 Å². The zero-order chi connectivity index (χ0) is 19.3. The van der Waals surface area contributed by atoms with Gasteiger partial charge in [-0.15, -0.1) is 0 Å². The van der Waals surface area contributed by atoms with Crippen molar-refractivity contribution >= 4 is 23.3 Å². The molecule has 26 heavy (non-hydrogen) atoms. The van der Waals surface area contributed by atoms with E-state index in [1.807, 2.05) is 0 Å². The monoisotopic (exact) mass is 376 g/mol. The molecule has 0 aliphatic carbocycles. The molecule has 0 saturated carbocycles. The normalized spacial score (nSPS) is 11.3. The van der Waals surface area contributed by atoms with Gasteiger partial charge in [0.1, 0.15) is 0 Å². The number of alkyl halides is 4. The lowest BCUT2D eigenvalue weighted by Crippen LogP contribution is -2.34. The highest BCUT2D eigenvalue weighted by Gasteiger charge is 2.42. The van der Waals surface area contributed by atoms with Crippen molar-refractivity contribution in [3.63, 3.8) is 0 Å². The predicted molar refractivity (Wildman–Crippen MR) is 82.2 cm³/mol. The minimum atomic E-state index is -4.36. The molecule has 0 bridgehead atoms. The van der Waals surface area contributed by atoms with E-state index in [0.717, 1.165) is 0 Å². The fraction of sp³-hybridized carbons (Fsp3) is 0.308. The molecule has 0 aliphatic rings. The van der Waals surface area contributed by atoms with Gasteiger partial charge in [0.2, 0.25) is 11.9 Å². The van der Waals surface area contributed by atoms with E-state index in [1.165, 1.54) is 31.3 Å². The van der Waals surface area contributed by atoms with E-state index >= 15 is 0 Å². The fourth-order valence-electron chi connectivity index (χ4n) is 1.61. The maximum Gasteiger partial charge on any atom is 0.340 e. The maximum absolute atomic E-state index is 12.9. The Balaban J connectivity index is 2.17. The number of anilines is 3. The molecule has 0 aliphatic heterocycles. The van der Waals surface area contributed by atoms with E-state index in [1.54, 1.807) is 0 Å². The van der Waals surface area contributed by atoms with E-state index in [4.69, 9.17) is 0 Å². The third kappa shape index (κ3) is 4.87. The first-order chi connectivity index (χ1) is 12.2. The quantitative estimate of drug-likeness (QED) is 0.411. The number of nitro benzene ring substituents is 1. The number of nitro groups is 1. The van der Waals surface area contributed by atoms with Gasteiger partial charge in [-0.2, -0.15) is 23.7 Å². The summed E-state index contributed by atoms with van der Waals surface area (Å²) < 4.78 is 54.7. The Morgan fingerprint density at radius 3 is 2.35 bits per heavy atom. The highest BCUT2D eigenvalue weighted by molar-refractivity contribution is 5.56. The van der Waals surface area contributed by atoms with Crippen molar-refractivity contribution in [2.75, 3.05) is 24.3 Å². The van der Waals surface area contributed by atoms with Gasteiger partial charge < -0.3 is 15.4 Å². The summed E-state index contributed by atoms with van der Waals surface area (Å²) in [5.41, 5.74) is 0.216. The average molecular weight is 376 g/mol. The maximum atomic E-state index is 12.9. The van der Waals surface area contributed by atoms with Crippen LogP contribution in [0.4, 0.5) is 40.8 Å². The summed E-state index contributed by atoms with van der Waals surface area (Å²) in [6.07, 6.45) is -3.90. The van der Waals surface area contributed by atoms with Crippen LogP contribution in [0.5, 0.6) is 6.01 Å². The van der Waals surface area contributed by atoms with Crippen LogP contribution >= 0.6 is 0 Å². The molecule has 2 rings (SSSR count). The lowest BCUT2D eigenvalue weighted by Gasteiger charge is -2.15. The second kappa shape index (κ2) is 7.76. The van der Waals surface area contributed by atoms with E-state index in [9.17, 15) is 27.7 Å². The van der Waals surface area contributed by atoms with Gasteiger partial charge in [0.25, 0.3) is 5.69 Å². The van der Waals surface area contributed by atoms with Crippen molar-refractivity contribution < 1.29 is 27.2 Å². The van der Waals surface area contributed by atoms with Gasteiger partial charge in [-0.3, -0.25) is 10.1 Å². The summed E-state index contributed by atoms with van der Waals surface area (Å²) in [6.45, 7) is -1.62. The number of non-ortho nitro benzene ring substituents is 1. The Labute approximate surface area is 143 Å². The molecule has 9 nitrogen and oxygen atoms in total. The van der Waals surface area contributed by atoms with Crippen LogP contribution in [0.15, 0.2) is 24.3 Å². The van der Waals surface area contributed by atoms with Crippen LogP contribution < -0.4 is 15.4 Å². The zero-order valence-corrected chi connectivity index (χ0v) is 13.1. The van der Waals surface area contributed by atoms with Crippen molar-refractivity contribution in [1.29, 1.82) is 0 Å². The van der Waals surface area contributed by atoms with Crippen LogP contribution in [0, 0.1) is 10.1 Å². The van der Waals surface area contributed by atoms with E-state index < -0.39 is 29.9 Å². The lowest BCUT2D eigenvalue weighted by atomic mass is 10.3. The van der Waals surface area contributed by atoms with Crippen molar-refractivity contribution in [2.24, 2.45) is 0 Å². The largest absolute Gasteiger partial charge is 0.457 e. The molecule has 13 heteroatoms. The predicted octanol–water partition coefficient (Wildman–Crippen LogP) is 2.84. The van der Waals surface area contributed by atoms with E-state index in [-0.39, 0.29) is 17.6 Å². The summed E-state index contributed by atoms with van der Waals surface area (Å²) in [4.78, 5) is 21.2. The van der Waals surface area contributed by atoms with Gasteiger partial charge in [-0.05, 0) is 12.1 Å². The molecule has 0 spiro atoms. The Hall–Kier alpha value is -3.25. The minimum Gasteiger partial charge on any atom is -0.457 e. The van der Waals surface area contributed by atoms with Crippen molar-refractivity contribution in [3.8, 4) is 6.01 Å². The van der Waals surface area contributed by atoms with Crippen LogP contribution in [-0.2, 0) is 0 Å². The third-order valence-electron chi connectivity index (χ3n) is 2.89. The first-order valence-corrected chi connectivity index (χ1v) is 6.95. The molecular formula is C13H12F4N6O3. The van der Waals surface area contributed by atoms with Gasteiger partial charge in [0, 0.05) is 24.9 Å². The first kappa shape index (κ1) is 19.1. The van der Waals surface area contributed by atoms with Crippen molar-refractivity contribution in [3.05, 3.63) is 34.4 Å². The first-order valence-electron chi connectivity index (χ1n) is 6.95. The van der Waals surface area contributed by atoms with Crippen LogP contribution in [0.25, 0.3) is 0 Å². The molecule has 2 N–H and O–H groups in total. The second-order valence-electron chi connectivity index (χ2n) is 4.79. The molecule has 0 amide bonds. The molecule has 0 atom stereocenters. The topological polar surface area (TPSA) is 115 Å². The number of hydrogen-bond donors (Lipinski definition) is 2. The number of nitrogens with one attached hydrogen (secondary N) is 2. The number of ether oxygens (including phenoxy) is 1. The minimum absolute atomic E-state index is 0.0697. The van der Waals surface area contributed by atoms with E-state index in [2.05, 4.69) is 30.3 Å². The lowest BCUT2D eigenvalue weighted by molar-refractivity contribution is -0.384. The van der Waals surface area contributed by atoms with Gasteiger partial charge in [0.15, 0.2) is 6.61 Å². The average Bonchev–Trinajstić information content (AvgIpc) is 2.60. The highest BCUT2D eigenvalue weighted by atomic mass is 19.3. The number of rotatable bonds is 8. The Morgan fingerprint density at radius 2 is 1.81 bits per heavy atom. The summed E-state index contributed by atoms with van der Waals surface area (Å²) in [5.74, 6) is -4.58. The molecule has 0 radical (unpaired) electrons. The van der Waals surface area contributed by atoms with Gasteiger partial charge in [0.05, 0.1) is 4.92 Å². The molecule has 0 unspecified atom stereocenters. The van der Waals surface area contributed by atoms with Crippen LogP contribution in [0.2, 0.25) is 0 Å². The van der Waals surface area contributed by atoms with Crippen LogP contribution in [-0.4, -0.2) is 45.9 Å². The number of nitrogens with zero attached hydrogens (tertiary/aromatic N) is 4. The highest BCUT2D eigenvalue weighted by Crippen LogP contribution is 2.24. The van der Waals surface area contributed by atoms with Crippen LogP contribution in [0.3, 0.4) is 0 Å². The molecule has 2 aromatic rings. The number of halogens is 4. The smallest absolute Gasteiger partial charge is 0.340 e. The van der Waals surface area contributed by atoms with Gasteiger partial charge >= 0.3 is 18.4 Å². The van der Waals surface area contributed by atoms with Crippen molar-refractivity contribution in [2.45, 2.75) is 12.3 Å². The molecule has 0 fully saturated rings. The Morgan fingerprint density at radius 1 is 1.19 bits per heavy atom. The third-order valence-corrected chi connectivity index (χ3v) is 2.89. The van der Waals surface area contributed by atoms with Gasteiger partial charge in [-0.1, -0.05) is 0 Å². The number of hydrogen-bond acceptors (Lipinski definition) is 8.